The third-order valence-electron chi connectivity index (χ3n) is 5.43. The zero-order valence-corrected chi connectivity index (χ0v) is 16.3. The number of rotatable bonds is 8. The van der Waals surface area contributed by atoms with Crippen LogP contribution in [0.1, 0.15) is 76.4 Å². The highest BCUT2D eigenvalue weighted by atomic mass is 16.5. The minimum Gasteiger partial charge on any atom is -0.480 e. The summed E-state index contributed by atoms with van der Waals surface area (Å²) in [6.07, 6.45) is 7.79. The summed E-state index contributed by atoms with van der Waals surface area (Å²) in [4.78, 5) is 41.0. The molecule has 2 saturated carbocycles. The summed E-state index contributed by atoms with van der Waals surface area (Å²) >= 11 is 0. The molecule has 2 fully saturated rings. The third kappa shape index (κ3) is 5.08. The first-order valence-corrected chi connectivity index (χ1v) is 10.0. The highest BCUT2D eigenvalue weighted by Crippen LogP contribution is 2.34. The van der Waals surface area contributed by atoms with Crippen molar-refractivity contribution >= 4 is 17.8 Å². The molecule has 0 aliphatic heterocycles. The lowest BCUT2D eigenvalue weighted by Gasteiger charge is -2.30. The summed E-state index contributed by atoms with van der Waals surface area (Å²) in [7, 11) is 0. The molecule has 154 valence electrons. The number of amides is 2. The second-order valence-corrected chi connectivity index (χ2v) is 7.84. The second-order valence-electron chi connectivity index (χ2n) is 7.84. The van der Waals surface area contributed by atoms with Crippen molar-refractivity contribution in [3.8, 4) is 0 Å². The molecule has 1 heterocycles. The number of carboxylic acids is 1. The van der Waals surface area contributed by atoms with Crippen molar-refractivity contribution in [2.45, 2.75) is 82.7 Å². The molecule has 28 heavy (non-hydrogen) atoms. The van der Waals surface area contributed by atoms with Crippen LogP contribution < -0.4 is 5.32 Å². The number of hydrogen-bond acceptors (Lipinski definition) is 6. The number of carbonyl (C=O) groups is 3. The van der Waals surface area contributed by atoms with Crippen molar-refractivity contribution in [1.29, 1.82) is 0 Å². The molecule has 9 nitrogen and oxygen atoms in total. The number of aliphatic carboxylic acids is 1. The second kappa shape index (κ2) is 8.70. The van der Waals surface area contributed by atoms with E-state index < -0.39 is 11.5 Å². The van der Waals surface area contributed by atoms with Gasteiger partial charge in [-0.05, 0) is 25.7 Å². The fraction of sp³-hybridized carbons (Fsp3) is 0.737. The summed E-state index contributed by atoms with van der Waals surface area (Å²) in [5.41, 5.74) is -0.614. The van der Waals surface area contributed by atoms with Crippen molar-refractivity contribution in [3.05, 3.63) is 11.7 Å². The Morgan fingerprint density at radius 2 is 1.89 bits per heavy atom. The van der Waals surface area contributed by atoms with Crippen LogP contribution in [0.25, 0.3) is 0 Å². The van der Waals surface area contributed by atoms with Crippen LogP contribution in [-0.4, -0.2) is 50.5 Å². The molecule has 2 aliphatic carbocycles. The predicted octanol–water partition coefficient (Wildman–Crippen LogP) is 1.76. The molecule has 0 aromatic carbocycles. The van der Waals surface area contributed by atoms with Gasteiger partial charge in [-0.1, -0.05) is 30.8 Å². The Balaban J connectivity index is 1.65. The zero-order valence-electron chi connectivity index (χ0n) is 16.3. The molecule has 2 aliphatic rings. The van der Waals surface area contributed by atoms with Gasteiger partial charge < -0.3 is 19.8 Å². The van der Waals surface area contributed by atoms with Gasteiger partial charge >= 0.3 is 5.97 Å². The summed E-state index contributed by atoms with van der Waals surface area (Å²) in [6, 6.07) is 0.0378. The Morgan fingerprint density at radius 1 is 1.21 bits per heavy atom. The van der Waals surface area contributed by atoms with Crippen molar-refractivity contribution in [2.75, 3.05) is 6.54 Å². The third-order valence-corrected chi connectivity index (χ3v) is 5.43. The van der Waals surface area contributed by atoms with Gasteiger partial charge in [0.25, 0.3) is 0 Å². The first-order valence-electron chi connectivity index (χ1n) is 10.0. The summed E-state index contributed by atoms with van der Waals surface area (Å²) in [5, 5.41) is 16.1. The Morgan fingerprint density at radius 3 is 2.46 bits per heavy atom. The van der Waals surface area contributed by atoms with E-state index in [1.54, 1.807) is 0 Å². The standard InChI is InChI=1S/C19H28N4O5/c1-13(24)21-19(10-4-2-3-5-11-19)18-20-15(28-22-18)8-9-16(25)23(12-17(26)27)14-6-7-14/h14H,2-12H2,1H3,(H,21,24)(H,26,27). The van der Waals surface area contributed by atoms with Gasteiger partial charge in [0, 0.05) is 25.8 Å². The topological polar surface area (TPSA) is 126 Å². The molecular weight excluding hydrogens is 364 g/mol. The number of aryl methyl sites for hydroxylation is 1. The smallest absolute Gasteiger partial charge is 0.323 e. The SMILES string of the molecule is CC(=O)NC1(c2noc(CCC(=O)N(CC(=O)O)C3CC3)n2)CCCCCC1. The highest BCUT2D eigenvalue weighted by Gasteiger charge is 2.38. The largest absolute Gasteiger partial charge is 0.480 e. The van der Waals surface area contributed by atoms with Crippen LogP contribution in [-0.2, 0) is 26.3 Å². The number of nitrogens with one attached hydrogen (secondary N) is 1. The van der Waals surface area contributed by atoms with Gasteiger partial charge in [-0.3, -0.25) is 14.4 Å². The first-order chi connectivity index (χ1) is 13.4. The van der Waals surface area contributed by atoms with Crippen molar-refractivity contribution in [2.24, 2.45) is 0 Å². The Bertz CT molecular complexity index is 720. The van der Waals surface area contributed by atoms with Crippen LogP contribution >= 0.6 is 0 Å². The van der Waals surface area contributed by atoms with Crippen molar-refractivity contribution in [1.82, 2.24) is 20.4 Å². The monoisotopic (exact) mass is 392 g/mol. The average Bonchev–Trinajstić information content (AvgIpc) is 3.40. The summed E-state index contributed by atoms with van der Waals surface area (Å²) < 4.78 is 5.35. The lowest BCUT2D eigenvalue weighted by molar-refractivity contribution is -0.144. The maximum atomic E-state index is 12.4. The summed E-state index contributed by atoms with van der Waals surface area (Å²) in [5.74, 6) is -0.543. The van der Waals surface area contributed by atoms with E-state index in [4.69, 9.17) is 9.63 Å². The van der Waals surface area contributed by atoms with Crippen LogP contribution in [0.3, 0.4) is 0 Å². The van der Waals surface area contributed by atoms with Gasteiger partial charge in [0.05, 0.1) is 0 Å². The van der Waals surface area contributed by atoms with E-state index >= 15 is 0 Å². The maximum Gasteiger partial charge on any atom is 0.323 e. The molecule has 2 amide bonds. The Kier molecular flexibility index (Phi) is 6.31. The zero-order chi connectivity index (χ0) is 20.1. The van der Waals surface area contributed by atoms with Crippen molar-refractivity contribution in [3.63, 3.8) is 0 Å². The van der Waals surface area contributed by atoms with Crippen LogP contribution in [0.5, 0.6) is 0 Å². The van der Waals surface area contributed by atoms with Crippen LogP contribution in [0.4, 0.5) is 0 Å². The van der Waals surface area contributed by atoms with E-state index in [-0.39, 0.29) is 37.2 Å². The molecule has 0 unspecified atom stereocenters. The van der Waals surface area contributed by atoms with Crippen molar-refractivity contribution < 1.29 is 24.0 Å². The minimum absolute atomic E-state index is 0.0378. The number of carbonyl (C=O) groups excluding carboxylic acids is 2. The molecule has 1 aromatic heterocycles. The molecule has 0 bridgehead atoms. The van der Waals surface area contributed by atoms with E-state index in [2.05, 4.69) is 15.5 Å². The maximum absolute atomic E-state index is 12.4. The van der Waals surface area contributed by atoms with Gasteiger partial charge in [-0.15, -0.1) is 0 Å². The number of aromatic nitrogens is 2. The highest BCUT2D eigenvalue weighted by molar-refractivity contribution is 5.82. The first kappa shape index (κ1) is 20.3. The lowest BCUT2D eigenvalue weighted by atomic mass is 9.89. The molecule has 3 rings (SSSR count). The summed E-state index contributed by atoms with van der Waals surface area (Å²) in [6.45, 7) is 1.21. The molecule has 1 aromatic rings. The number of nitrogens with zero attached hydrogens (tertiary/aromatic N) is 3. The number of hydrogen-bond donors (Lipinski definition) is 2. The van der Waals surface area contributed by atoms with E-state index in [1.165, 1.54) is 11.8 Å². The molecule has 2 N–H and O–H groups in total. The molecule has 0 atom stereocenters. The van der Waals surface area contributed by atoms with E-state index in [9.17, 15) is 14.4 Å². The quantitative estimate of drug-likeness (QED) is 0.646. The van der Waals surface area contributed by atoms with Gasteiger partial charge in [0.15, 0.2) is 5.82 Å². The fourth-order valence-corrected chi connectivity index (χ4v) is 3.93. The average molecular weight is 392 g/mol. The molecule has 9 heteroatoms. The molecule has 0 spiro atoms. The Hall–Kier alpha value is -2.45. The Labute approximate surface area is 163 Å². The van der Waals surface area contributed by atoms with Gasteiger partial charge in [0.2, 0.25) is 17.7 Å². The predicted molar refractivity (Wildman–Crippen MR) is 98.2 cm³/mol. The normalized spacial score (nSPS) is 18.9. The molecular formula is C19H28N4O5. The fourth-order valence-electron chi connectivity index (χ4n) is 3.93. The van der Waals surface area contributed by atoms with E-state index in [0.29, 0.717) is 11.7 Å². The van der Waals surface area contributed by atoms with Gasteiger partial charge in [0.1, 0.15) is 12.1 Å². The minimum atomic E-state index is -1.01. The van der Waals surface area contributed by atoms with Crippen LogP contribution in [0, 0.1) is 0 Å². The van der Waals surface area contributed by atoms with Crippen LogP contribution in [0.15, 0.2) is 4.52 Å². The molecule has 0 radical (unpaired) electrons. The van der Waals surface area contributed by atoms with Gasteiger partial charge in [-0.2, -0.15) is 4.98 Å². The molecule has 0 saturated heterocycles. The lowest BCUT2D eigenvalue weighted by Crippen LogP contribution is -2.45. The van der Waals surface area contributed by atoms with Gasteiger partial charge in [-0.25, -0.2) is 0 Å². The van der Waals surface area contributed by atoms with E-state index in [0.717, 1.165) is 51.4 Å². The van der Waals surface area contributed by atoms with Crippen LogP contribution in [0.2, 0.25) is 0 Å². The number of carboxylic acid groups (broad SMARTS) is 1. The van der Waals surface area contributed by atoms with E-state index in [1.807, 2.05) is 0 Å².